The fourth-order valence-corrected chi connectivity index (χ4v) is 1.70. The summed E-state index contributed by atoms with van der Waals surface area (Å²) in [6, 6.07) is 0. The van der Waals surface area contributed by atoms with Crippen molar-refractivity contribution in [1.82, 2.24) is 15.2 Å². The number of carbonyl (C=O) groups excluding carboxylic acids is 2. The second-order valence-corrected chi connectivity index (χ2v) is 4.16. The zero-order chi connectivity index (χ0) is 11.8. The maximum atomic E-state index is 11.8. The highest BCUT2D eigenvalue weighted by Gasteiger charge is 2.46. The Labute approximate surface area is 91.6 Å². The number of esters is 1. The van der Waals surface area contributed by atoms with Crippen molar-refractivity contribution in [2.45, 2.75) is 25.9 Å². The van der Waals surface area contributed by atoms with E-state index in [4.69, 9.17) is 4.74 Å². The highest BCUT2D eigenvalue weighted by molar-refractivity contribution is 5.95. The fourth-order valence-electron chi connectivity index (χ4n) is 1.70. The molecule has 86 valence electrons. The van der Waals surface area contributed by atoms with Crippen molar-refractivity contribution in [2.24, 2.45) is 5.92 Å². The van der Waals surface area contributed by atoms with Gasteiger partial charge in [0, 0.05) is 0 Å². The smallest absolute Gasteiger partial charge is 0.307 e. The van der Waals surface area contributed by atoms with Crippen LogP contribution in [0.25, 0.3) is 0 Å². The standard InChI is InChI=1S/C9H12N4O3/c1-9(2)5(3-6(14)16-9)7(15)12-8-10-4-11-13-8/h4-5H,3H2,1-2H3,(H2,10,11,12,13,15)/t5-/m1/s1. The quantitative estimate of drug-likeness (QED) is 0.693. The normalized spacial score (nSPS) is 22.9. The molecule has 1 aromatic rings. The number of nitrogens with one attached hydrogen (secondary N) is 2. The summed E-state index contributed by atoms with van der Waals surface area (Å²) in [5.74, 6) is -0.902. The van der Waals surface area contributed by atoms with Gasteiger partial charge in [0.1, 0.15) is 11.9 Å². The first-order valence-corrected chi connectivity index (χ1v) is 4.87. The molecule has 1 saturated heterocycles. The Bertz CT molecular complexity index is 412. The Morgan fingerprint density at radius 2 is 2.44 bits per heavy atom. The van der Waals surface area contributed by atoms with Crippen LogP contribution in [0.5, 0.6) is 0 Å². The number of H-pyrrole nitrogens is 1. The Balaban J connectivity index is 2.08. The Morgan fingerprint density at radius 3 is 2.94 bits per heavy atom. The lowest BCUT2D eigenvalue weighted by molar-refractivity contribution is -0.147. The van der Waals surface area contributed by atoms with Crippen LogP contribution in [0, 0.1) is 5.92 Å². The molecule has 0 bridgehead atoms. The van der Waals surface area contributed by atoms with Crippen LogP contribution in [0.2, 0.25) is 0 Å². The summed E-state index contributed by atoms with van der Waals surface area (Å²) in [7, 11) is 0. The van der Waals surface area contributed by atoms with Crippen LogP contribution in [0.3, 0.4) is 0 Å². The molecule has 0 unspecified atom stereocenters. The topological polar surface area (TPSA) is 97.0 Å². The van der Waals surface area contributed by atoms with Gasteiger partial charge in [-0.25, -0.2) is 5.10 Å². The van der Waals surface area contributed by atoms with Gasteiger partial charge >= 0.3 is 5.97 Å². The maximum Gasteiger partial charge on any atom is 0.307 e. The molecule has 1 aliphatic rings. The zero-order valence-corrected chi connectivity index (χ0v) is 8.98. The molecule has 1 fully saturated rings. The molecule has 1 aliphatic heterocycles. The summed E-state index contributed by atoms with van der Waals surface area (Å²) in [5.41, 5.74) is -0.777. The summed E-state index contributed by atoms with van der Waals surface area (Å²) in [4.78, 5) is 26.8. The molecule has 2 rings (SSSR count). The predicted octanol–water partition coefficient (Wildman–Crippen LogP) is 0.0849. The average Bonchev–Trinajstić information content (AvgIpc) is 2.73. The van der Waals surface area contributed by atoms with E-state index in [9.17, 15) is 9.59 Å². The molecule has 7 nitrogen and oxygen atoms in total. The van der Waals surface area contributed by atoms with Crippen molar-refractivity contribution >= 4 is 17.8 Å². The average molecular weight is 224 g/mol. The molecule has 1 atom stereocenters. The largest absolute Gasteiger partial charge is 0.459 e. The van der Waals surface area contributed by atoms with Gasteiger partial charge in [0.2, 0.25) is 11.9 Å². The van der Waals surface area contributed by atoms with Gasteiger partial charge < -0.3 is 4.74 Å². The first kappa shape index (κ1) is 10.6. The van der Waals surface area contributed by atoms with Crippen molar-refractivity contribution in [3.05, 3.63) is 6.33 Å². The minimum Gasteiger partial charge on any atom is -0.459 e. The summed E-state index contributed by atoms with van der Waals surface area (Å²) >= 11 is 0. The molecular weight excluding hydrogens is 212 g/mol. The van der Waals surface area contributed by atoms with Gasteiger partial charge in [-0.1, -0.05) is 0 Å². The lowest BCUT2D eigenvalue weighted by Crippen LogP contribution is -2.36. The molecular formula is C9H12N4O3. The van der Waals surface area contributed by atoms with Crippen LogP contribution >= 0.6 is 0 Å². The van der Waals surface area contributed by atoms with E-state index in [-0.39, 0.29) is 24.2 Å². The number of carbonyl (C=O) groups is 2. The number of hydrogen-bond donors (Lipinski definition) is 2. The van der Waals surface area contributed by atoms with Gasteiger partial charge in [0.25, 0.3) is 0 Å². The number of anilines is 1. The lowest BCUT2D eigenvalue weighted by atomic mass is 9.90. The van der Waals surface area contributed by atoms with E-state index in [2.05, 4.69) is 20.5 Å². The summed E-state index contributed by atoms with van der Waals surface area (Å²) in [6.45, 7) is 3.42. The van der Waals surface area contributed by atoms with Crippen molar-refractivity contribution in [3.63, 3.8) is 0 Å². The van der Waals surface area contributed by atoms with E-state index in [1.165, 1.54) is 6.33 Å². The van der Waals surface area contributed by atoms with Gasteiger partial charge in [-0.2, -0.15) is 10.1 Å². The van der Waals surface area contributed by atoms with Gasteiger partial charge in [0.15, 0.2) is 0 Å². The van der Waals surface area contributed by atoms with E-state index < -0.39 is 11.5 Å². The number of nitrogens with zero attached hydrogens (tertiary/aromatic N) is 2. The van der Waals surface area contributed by atoms with Crippen LogP contribution in [0.15, 0.2) is 6.33 Å². The van der Waals surface area contributed by atoms with E-state index in [1.807, 2.05) is 0 Å². The van der Waals surface area contributed by atoms with Crippen LogP contribution in [-0.4, -0.2) is 32.7 Å². The number of hydrogen-bond acceptors (Lipinski definition) is 5. The lowest BCUT2D eigenvalue weighted by Gasteiger charge is -2.23. The molecule has 1 aromatic heterocycles. The molecule has 0 aliphatic carbocycles. The van der Waals surface area contributed by atoms with E-state index in [0.717, 1.165) is 0 Å². The third-order valence-corrected chi connectivity index (χ3v) is 2.56. The molecule has 0 radical (unpaired) electrons. The first-order valence-electron chi connectivity index (χ1n) is 4.87. The summed E-state index contributed by atoms with van der Waals surface area (Å²) in [6.07, 6.45) is 1.38. The molecule has 2 N–H and O–H groups in total. The van der Waals surface area contributed by atoms with Crippen LogP contribution in [0.4, 0.5) is 5.95 Å². The molecule has 16 heavy (non-hydrogen) atoms. The number of rotatable bonds is 2. The van der Waals surface area contributed by atoms with Gasteiger partial charge in [-0.3, -0.25) is 14.9 Å². The summed E-state index contributed by atoms with van der Waals surface area (Å²) < 4.78 is 5.06. The molecule has 7 heteroatoms. The second kappa shape index (κ2) is 3.58. The minimum absolute atomic E-state index is 0.0902. The minimum atomic E-state index is -0.777. The molecule has 0 spiro atoms. The number of ether oxygens (including phenoxy) is 1. The van der Waals surface area contributed by atoms with Gasteiger partial charge in [-0.15, -0.1) is 0 Å². The van der Waals surface area contributed by atoms with Crippen molar-refractivity contribution in [2.75, 3.05) is 5.32 Å². The van der Waals surface area contributed by atoms with Crippen LogP contribution in [-0.2, 0) is 14.3 Å². The molecule has 0 saturated carbocycles. The van der Waals surface area contributed by atoms with Crippen molar-refractivity contribution < 1.29 is 14.3 Å². The van der Waals surface area contributed by atoms with E-state index >= 15 is 0 Å². The number of cyclic esters (lactones) is 1. The van der Waals surface area contributed by atoms with Gasteiger partial charge in [-0.05, 0) is 13.8 Å². The zero-order valence-electron chi connectivity index (χ0n) is 8.98. The highest BCUT2D eigenvalue weighted by atomic mass is 16.6. The van der Waals surface area contributed by atoms with Crippen molar-refractivity contribution in [3.8, 4) is 0 Å². The molecule has 2 heterocycles. The summed E-state index contributed by atoms with van der Waals surface area (Å²) in [5, 5.41) is 8.66. The third-order valence-electron chi connectivity index (χ3n) is 2.56. The number of aromatic nitrogens is 3. The SMILES string of the molecule is CC1(C)OC(=O)C[C@@H]1C(=O)Nc1ncn[nH]1. The van der Waals surface area contributed by atoms with Crippen LogP contribution in [0.1, 0.15) is 20.3 Å². The number of amides is 1. The third kappa shape index (κ3) is 1.88. The van der Waals surface area contributed by atoms with Crippen LogP contribution < -0.4 is 5.32 Å². The Kier molecular flexibility index (Phi) is 2.37. The van der Waals surface area contributed by atoms with E-state index in [0.29, 0.717) is 0 Å². The predicted molar refractivity (Wildman–Crippen MR) is 53.3 cm³/mol. The maximum absolute atomic E-state index is 11.8. The number of aromatic amines is 1. The monoisotopic (exact) mass is 224 g/mol. The fraction of sp³-hybridized carbons (Fsp3) is 0.556. The van der Waals surface area contributed by atoms with Gasteiger partial charge in [0.05, 0.1) is 12.3 Å². The Morgan fingerprint density at radius 1 is 1.69 bits per heavy atom. The second-order valence-electron chi connectivity index (χ2n) is 4.16. The highest BCUT2D eigenvalue weighted by Crippen LogP contribution is 2.32. The van der Waals surface area contributed by atoms with E-state index in [1.54, 1.807) is 13.8 Å². The molecule has 0 aromatic carbocycles. The first-order chi connectivity index (χ1) is 7.49. The Hall–Kier alpha value is -1.92. The molecule has 1 amide bonds. The van der Waals surface area contributed by atoms with Crippen molar-refractivity contribution in [1.29, 1.82) is 0 Å².